The second-order valence-electron chi connectivity index (χ2n) is 1.93. The molecule has 3 radical (unpaired) electrons. The first kappa shape index (κ1) is 7.54. The lowest BCUT2D eigenvalue weighted by Gasteiger charge is -1.96. The molecular formula is C7H10B. The Bertz CT molecular complexity index is 112. The van der Waals surface area contributed by atoms with Crippen LogP contribution in [0.5, 0.6) is 0 Å². The summed E-state index contributed by atoms with van der Waals surface area (Å²) in [5, 5.41) is 0. The van der Waals surface area contributed by atoms with Crippen LogP contribution in [0.2, 0.25) is 0 Å². The third kappa shape index (κ3) is 2.01. The zero-order valence-electron chi connectivity index (χ0n) is 5.22. The van der Waals surface area contributed by atoms with Gasteiger partial charge in [0.15, 0.2) is 0 Å². The SMILES string of the molecule is CC1=CCCC=C1.[B]. The summed E-state index contributed by atoms with van der Waals surface area (Å²) in [6.45, 7) is 2.13. The number of hydrogen-bond donors (Lipinski definition) is 0. The average molecular weight is 105 g/mol. The molecule has 0 saturated carbocycles. The van der Waals surface area contributed by atoms with E-state index in [1.165, 1.54) is 18.4 Å². The predicted molar refractivity (Wildman–Crippen MR) is 37.9 cm³/mol. The molecule has 0 saturated heterocycles. The van der Waals surface area contributed by atoms with E-state index >= 15 is 0 Å². The van der Waals surface area contributed by atoms with Crippen molar-refractivity contribution in [3.8, 4) is 0 Å². The van der Waals surface area contributed by atoms with E-state index in [2.05, 4.69) is 25.2 Å². The molecule has 0 spiro atoms. The fraction of sp³-hybridized carbons (Fsp3) is 0.429. The van der Waals surface area contributed by atoms with Crippen LogP contribution in [-0.4, -0.2) is 8.41 Å². The molecule has 0 fully saturated rings. The van der Waals surface area contributed by atoms with E-state index in [0.717, 1.165) is 0 Å². The Morgan fingerprint density at radius 2 is 2.12 bits per heavy atom. The third-order valence-corrected chi connectivity index (χ3v) is 1.18. The molecule has 1 aliphatic rings. The quantitative estimate of drug-likeness (QED) is 0.412. The average Bonchev–Trinajstić information content (AvgIpc) is 1.69. The summed E-state index contributed by atoms with van der Waals surface area (Å²) in [7, 11) is 0. The Morgan fingerprint density at radius 3 is 2.38 bits per heavy atom. The molecule has 0 aliphatic heterocycles. The summed E-state index contributed by atoms with van der Waals surface area (Å²) in [5.74, 6) is 0. The van der Waals surface area contributed by atoms with Gasteiger partial charge in [0.2, 0.25) is 0 Å². The molecule has 1 heteroatoms. The first-order chi connectivity index (χ1) is 3.39. The number of allylic oxidation sites excluding steroid dienone is 4. The minimum Gasteiger partial charge on any atom is -0.0840 e. The van der Waals surface area contributed by atoms with E-state index in [0.29, 0.717) is 0 Å². The van der Waals surface area contributed by atoms with Gasteiger partial charge in [-0.2, -0.15) is 0 Å². The summed E-state index contributed by atoms with van der Waals surface area (Å²) >= 11 is 0. The molecule has 41 valence electrons. The third-order valence-electron chi connectivity index (χ3n) is 1.18. The molecule has 0 amide bonds. The zero-order chi connectivity index (χ0) is 5.11. The number of rotatable bonds is 0. The lowest BCUT2D eigenvalue weighted by Crippen LogP contribution is -1.76. The molecular weight excluding hydrogens is 94.9 g/mol. The molecule has 0 atom stereocenters. The Hall–Kier alpha value is -0.455. The first-order valence-corrected chi connectivity index (χ1v) is 2.73. The molecule has 0 unspecified atom stereocenters. The highest BCUT2D eigenvalue weighted by atomic mass is 13.9. The summed E-state index contributed by atoms with van der Waals surface area (Å²) in [6, 6.07) is 0. The van der Waals surface area contributed by atoms with Gasteiger partial charge in [-0.05, 0) is 19.8 Å². The molecule has 0 N–H and O–H groups in total. The van der Waals surface area contributed by atoms with Crippen molar-refractivity contribution < 1.29 is 0 Å². The van der Waals surface area contributed by atoms with Crippen LogP contribution in [0.4, 0.5) is 0 Å². The van der Waals surface area contributed by atoms with Gasteiger partial charge in [-0.25, -0.2) is 0 Å². The fourth-order valence-electron chi connectivity index (χ4n) is 0.744. The molecule has 0 bridgehead atoms. The van der Waals surface area contributed by atoms with E-state index < -0.39 is 0 Å². The standard InChI is InChI=1S/C7H10.B/c1-7-5-3-2-4-6-7;/h3,5-6H,2,4H2,1H3;. The van der Waals surface area contributed by atoms with Crippen molar-refractivity contribution in [3.05, 3.63) is 23.8 Å². The van der Waals surface area contributed by atoms with Gasteiger partial charge in [0.1, 0.15) is 0 Å². The van der Waals surface area contributed by atoms with Gasteiger partial charge in [-0.1, -0.05) is 23.8 Å². The van der Waals surface area contributed by atoms with Crippen LogP contribution in [0.1, 0.15) is 19.8 Å². The second-order valence-corrected chi connectivity index (χ2v) is 1.93. The highest BCUT2D eigenvalue weighted by Crippen LogP contribution is 2.06. The molecule has 0 nitrogen and oxygen atoms in total. The highest BCUT2D eigenvalue weighted by Gasteiger charge is 1.86. The Labute approximate surface area is 52.9 Å². The molecule has 0 aromatic carbocycles. The van der Waals surface area contributed by atoms with Crippen molar-refractivity contribution in [2.75, 3.05) is 0 Å². The van der Waals surface area contributed by atoms with E-state index in [4.69, 9.17) is 0 Å². The van der Waals surface area contributed by atoms with Crippen molar-refractivity contribution in [1.82, 2.24) is 0 Å². The van der Waals surface area contributed by atoms with Gasteiger partial charge in [-0.15, -0.1) is 0 Å². The Morgan fingerprint density at radius 1 is 1.38 bits per heavy atom. The predicted octanol–water partition coefficient (Wildman–Crippen LogP) is 1.90. The molecule has 0 aromatic heterocycles. The normalized spacial score (nSPS) is 16.9. The van der Waals surface area contributed by atoms with Gasteiger partial charge >= 0.3 is 0 Å². The van der Waals surface area contributed by atoms with Crippen LogP contribution in [0.3, 0.4) is 0 Å². The van der Waals surface area contributed by atoms with E-state index in [9.17, 15) is 0 Å². The van der Waals surface area contributed by atoms with Crippen LogP contribution < -0.4 is 0 Å². The van der Waals surface area contributed by atoms with Gasteiger partial charge < -0.3 is 0 Å². The van der Waals surface area contributed by atoms with E-state index in [1.807, 2.05) is 0 Å². The van der Waals surface area contributed by atoms with Crippen molar-refractivity contribution in [3.63, 3.8) is 0 Å². The molecule has 1 rings (SSSR count). The van der Waals surface area contributed by atoms with Crippen molar-refractivity contribution in [1.29, 1.82) is 0 Å². The maximum Gasteiger partial charge on any atom is 0 e. The molecule has 0 heterocycles. The van der Waals surface area contributed by atoms with Crippen LogP contribution in [-0.2, 0) is 0 Å². The molecule has 0 aromatic rings. The van der Waals surface area contributed by atoms with E-state index in [-0.39, 0.29) is 8.41 Å². The fourth-order valence-corrected chi connectivity index (χ4v) is 0.744. The lowest BCUT2D eigenvalue weighted by molar-refractivity contribution is 1.02. The zero-order valence-corrected chi connectivity index (χ0v) is 5.22. The maximum atomic E-state index is 2.26. The van der Waals surface area contributed by atoms with E-state index in [1.54, 1.807) is 0 Å². The van der Waals surface area contributed by atoms with Gasteiger partial charge in [0.25, 0.3) is 0 Å². The smallest absolute Gasteiger partial charge is 0 e. The van der Waals surface area contributed by atoms with Gasteiger partial charge in [0.05, 0.1) is 0 Å². The topological polar surface area (TPSA) is 0 Å². The summed E-state index contributed by atoms with van der Waals surface area (Å²) in [6.07, 6.45) is 9.12. The summed E-state index contributed by atoms with van der Waals surface area (Å²) in [5.41, 5.74) is 1.41. The Kier molecular flexibility index (Phi) is 3.33. The van der Waals surface area contributed by atoms with Crippen LogP contribution >= 0.6 is 0 Å². The Balaban J connectivity index is 0.000000490. The lowest BCUT2D eigenvalue weighted by atomic mass is 10.1. The van der Waals surface area contributed by atoms with Crippen LogP contribution in [0, 0.1) is 0 Å². The highest BCUT2D eigenvalue weighted by molar-refractivity contribution is 5.75. The van der Waals surface area contributed by atoms with Crippen LogP contribution in [0.15, 0.2) is 23.8 Å². The maximum absolute atomic E-state index is 2.26. The molecule has 1 aliphatic carbocycles. The monoisotopic (exact) mass is 105 g/mol. The first-order valence-electron chi connectivity index (χ1n) is 2.73. The van der Waals surface area contributed by atoms with Gasteiger partial charge in [-0.3, -0.25) is 0 Å². The molecule has 8 heavy (non-hydrogen) atoms. The van der Waals surface area contributed by atoms with Crippen molar-refractivity contribution >= 4 is 8.41 Å². The second kappa shape index (κ2) is 3.53. The van der Waals surface area contributed by atoms with Crippen molar-refractivity contribution in [2.45, 2.75) is 19.8 Å². The van der Waals surface area contributed by atoms with Crippen molar-refractivity contribution in [2.24, 2.45) is 0 Å². The van der Waals surface area contributed by atoms with Gasteiger partial charge in [0, 0.05) is 8.41 Å². The number of hydrogen-bond acceptors (Lipinski definition) is 0. The largest absolute Gasteiger partial charge is 0.0840 e. The summed E-state index contributed by atoms with van der Waals surface area (Å²) in [4.78, 5) is 0. The minimum absolute atomic E-state index is 0. The van der Waals surface area contributed by atoms with Crippen LogP contribution in [0.25, 0.3) is 0 Å². The summed E-state index contributed by atoms with van der Waals surface area (Å²) < 4.78 is 0. The minimum atomic E-state index is 0.